The van der Waals surface area contributed by atoms with Gasteiger partial charge in [-0.1, -0.05) is 13.8 Å². The van der Waals surface area contributed by atoms with E-state index in [4.69, 9.17) is 14.2 Å². The lowest BCUT2D eigenvalue weighted by Crippen LogP contribution is -2.42. The molecule has 94 valence electrons. The Hall–Kier alpha value is -0.650. The monoisotopic (exact) mass is 231 g/mol. The quantitative estimate of drug-likeness (QED) is 0.676. The van der Waals surface area contributed by atoms with Crippen LogP contribution in [0.3, 0.4) is 0 Å². The van der Waals surface area contributed by atoms with Gasteiger partial charge in [0.05, 0.1) is 20.3 Å². The molecule has 0 aromatic rings. The maximum Gasteiger partial charge on any atom is 0.323 e. The van der Waals surface area contributed by atoms with Crippen molar-refractivity contribution in [1.29, 1.82) is 0 Å². The number of rotatable bonds is 6. The van der Waals surface area contributed by atoms with Gasteiger partial charge in [-0.2, -0.15) is 0 Å². The minimum atomic E-state index is -0.258. The Morgan fingerprint density at radius 3 is 2.56 bits per heavy atom. The third kappa shape index (κ3) is 4.08. The second-order valence-corrected chi connectivity index (χ2v) is 4.16. The van der Waals surface area contributed by atoms with Crippen LogP contribution in [0.15, 0.2) is 0 Å². The van der Waals surface area contributed by atoms with E-state index in [0.717, 1.165) is 6.42 Å². The van der Waals surface area contributed by atoms with E-state index in [1.165, 1.54) is 7.11 Å². The van der Waals surface area contributed by atoms with E-state index in [2.05, 4.69) is 5.32 Å². The molecular weight excluding hydrogens is 210 g/mol. The van der Waals surface area contributed by atoms with Crippen LogP contribution in [0, 0.1) is 5.92 Å². The van der Waals surface area contributed by atoms with Crippen molar-refractivity contribution in [2.24, 2.45) is 5.92 Å². The fourth-order valence-corrected chi connectivity index (χ4v) is 1.65. The number of esters is 1. The minimum absolute atomic E-state index is 0.127. The Kier molecular flexibility index (Phi) is 5.73. The summed E-state index contributed by atoms with van der Waals surface area (Å²) in [5, 5.41) is 3.16. The molecule has 0 saturated carbocycles. The molecule has 1 heterocycles. The highest BCUT2D eigenvalue weighted by Crippen LogP contribution is 2.08. The van der Waals surface area contributed by atoms with Gasteiger partial charge in [-0.15, -0.1) is 0 Å². The Labute approximate surface area is 96.4 Å². The third-order valence-corrected chi connectivity index (χ3v) is 2.56. The first-order valence-corrected chi connectivity index (χ1v) is 5.69. The van der Waals surface area contributed by atoms with Crippen LogP contribution in [0.2, 0.25) is 0 Å². The number of nitrogens with one attached hydrogen (secondary N) is 1. The summed E-state index contributed by atoms with van der Waals surface area (Å²) < 4.78 is 15.3. The zero-order valence-corrected chi connectivity index (χ0v) is 10.2. The molecule has 0 amide bonds. The van der Waals surface area contributed by atoms with Crippen LogP contribution in [-0.4, -0.2) is 45.2 Å². The Balaban J connectivity index is 2.23. The molecule has 5 nitrogen and oxygen atoms in total. The molecule has 1 aliphatic rings. The molecule has 1 atom stereocenters. The standard InChI is InChI=1S/C11H21NO4/c1-8(2)10(11(13)14-3)12-5-4-9-15-6-7-16-9/h8-10,12H,4-7H2,1-3H3. The predicted molar refractivity (Wildman–Crippen MR) is 59.0 cm³/mol. The van der Waals surface area contributed by atoms with Gasteiger partial charge in [-0.05, 0) is 5.92 Å². The molecule has 1 aliphatic heterocycles. The molecule has 0 aromatic carbocycles. The highest BCUT2D eigenvalue weighted by atomic mass is 16.7. The Bertz CT molecular complexity index is 214. The van der Waals surface area contributed by atoms with Gasteiger partial charge in [-0.25, -0.2) is 0 Å². The fraction of sp³-hybridized carbons (Fsp3) is 0.909. The van der Waals surface area contributed by atoms with Crippen LogP contribution in [0.5, 0.6) is 0 Å². The van der Waals surface area contributed by atoms with Crippen molar-refractivity contribution in [3.8, 4) is 0 Å². The van der Waals surface area contributed by atoms with Gasteiger partial charge in [-0.3, -0.25) is 4.79 Å². The molecule has 1 unspecified atom stereocenters. The second-order valence-electron chi connectivity index (χ2n) is 4.16. The maximum atomic E-state index is 11.4. The van der Waals surface area contributed by atoms with Crippen LogP contribution < -0.4 is 5.32 Å². The number of hydrogen-bond donors (Lipinski definition) is 1. The topological polar surface area (TPSA) is 56.8 Å². The van der Waals surface area contributed by atoms with Gasteiger partial charge in [0.15, 0.2) is 6.29 Å². The van der Waals surface area contributed by atoms with Crippen LogP contribution in [0.4, 0.5) is 0 Å². The number of ether oxygens (including phenoxy) is 3. The molecule has 1 N–H and O–H groups in total. The summed E-state index contributed by atoms with van der Waals surface area (Å²) in [5.41, 5.74) is 0. The summed E-state index contributed by atoms with van der Waals surface area (Å²) in [7, 11) is 1.41. The molecule has 1 saturated heterocycles. The fourth-order valence-electron chi connectivity index (χ4n) is 1.65. The first-order valence-electron chi connectivity index (χ1n) is 5.69. The van der Waals surface area contributed by atoms with Crippen molar-refractivity contribution in [2.75, 3.05) is 26.9 Å². The molecular formula is C11H21NO4. The highest BCUT2D eigenvalue weighted by molar-refractivity contribution is 5.75. The summed E-state index contributed by atoms with van der Waals surface area (Å²) in [6.45, 7) is 5.97. The SMILES string of the molecule is COC(=O)C(NCCC1OCCO1)C(C)C. The average Bonchev–Trinajstić information content (AvgIpc) is 2.75. The summed E-state index contributed by atoms with van der Waals surface area (Å²) >= 11 is 0. The minimum Gasteiger partial charge on any atom is -0.468 e. The first-order chi connectivity index (χ1) is 7.65. The van der Waals surface area contributed by atoms with Gasteiger partial charge in [0, 0.05) is 13.0 Å². The van der Waals surface area contributed by atoms with E-state index in [0.29, 0.717) is 19.8 Å². The molecule has 0 bridgehead atoms. The Morgan fingerprint density at radius 2 is 2.06 bits per heavy atom. The summed E-state index contributed by atoms with van der Waals surface area (Å²) in [6, 6.07) is -0.258. The lowest BCUT2D eigenvalue weighted by atomic mass is 10.0. The van der Waals surface area contributed by atoms with E-state index in [-0.39, 0.29) is 24.2 Å². The first kappa shape index (κ1) is 13.4. The normalized spacial score (nSPS) is 19.0. The molecule has 0 aromatic heterocycles. The molecule has 1 fully saturated rings. The third-order valence-electron chi connectivity index (χ3n) is 2.56. The van der Waals surface area contributed by atoms with E-state index >= 15 is 0 Å². The van der Waals surface area contributed by atoms with Crippen LogP contribution in [0.1, 0.15) is 20.3 Å². The average molecular weight is 231 g/mol. The van der Waals surface area contributed by atoms with Crippen molar-refractivity contribution >= 4 is 5.97 Å². The molecule has 0 spiro atoms. The van der Waals surface area contributed by atoms with Gasteiger partial charge in [0.1, 0.15) is 6.04 Å². The van der Waals surface area contributed by atoms with Crippen molar-refractivity contribution in [3.05, 3.63) is 0 Å². The van der Waals surface area contributed by atoms with E-state index in [9.17, 15) is 4.79 Å². The van der Waals surface area contributed by atoms with Crippen molar-refractivity contribution in [3.63, 3.8) is 0 Å². The predicted octanol–water partition coefficient (Wildman–Crippen LogP) is 0.537. The summed E-state index contributed by atoms with van der Waals surface area (Å²) in [4.78, 5) is 11.4. The van der Waals surface area contributed by atoms with Crippen LogP contribution >= 0.6 is 0 Å². The van der Waals surface area contributed by atoms with E-state index in [1.54, 1.807) is 0 Å². The molecule has 5 heteroatoms. The summed E-state index contributed by atoms with van der Waals surface area (Å²) in [6.07, 6.45) is 0.623. The van der Waals surface area contributed by atoms with E-state index in [1.807, 2.05) is 13.8 Å². The number of carbonyl (C=O) groups is 1. The summed E-state index contributed by atoms with van der Waals surface area (Å²) in [5.74, 6) is -0.0128. The van der Waals surface area contributed by atoms with Crippen LogP contribution in [0.25, 0.3) is 0 Å². The molecule has 0 radical (unpaired) electrons. The van der Waals surface area contributed by atoms with Gasteiger partial charge in [0.25, 0.3) is 0 Å². The Morgan fingerprint density at radius 1 is 1.44 bits per heavy atom. The molecule has 0 aliphatic carbocycles. The second kappa shape index (κ2) is 6.83. The van der Waals surface area contributed by atoms with Crippen molar-refractivity contribution < 1.29 is 19.0 Å². The zero-order chi connectivity index (χ0) is 12.0. The van der Waals surface area contributed by atoms with Crippen molar-refractivity contribution in [2.45, 2.75) is 32.6 Å². The number of carbonyl (C=O) groups excluding carboxylic acids is 1. The van der Waals surface area contributed by atoms with Gasteiger partial charge >= 0.3 is 5.97 Å². The lowest BCUT2D eigenvalue weighted by Gasteiger charge is -2.20. The largest absolute Gasteiger partial charge is 0.468 e. The smallest absolute Gasteiger partial charge is 0.323 e. The van der Waals surface area contributed by atoms with Gasteiger partial charge < -0.3 is 19.5 Å². The van der Waals surface area contributed by atoms with Crippen LogP contribution in [-0.2, 0) is 19.0 Å². The zero-order valence-electron chi connectivity index (χ0n) is 10.2. The lowest BCUT2D eigenvalue weighted by molar-refractivity contribution is -0.144. The van der Waals surface area contributed by atoms with Crippen molar-refractivity contribution in [1.82, 2.24) is 5.32 Å². The highest BCUT2D eigenvalue weighted by Gasteiger charge is 2.23. The molecule has 1 rings (SSSR count). The number of methoxy groups -OCH3 is 1. The molecule has 16 heavy (non-hydrogen) atoms. The van der Waals surface area contributed by atoms with E-state index < -0.39 is 0 Å². The van der Waals surface area contributed by atoms with Gasteiger partial charge in [0.2, 0.25) is 0 Å². The maximum absolute atomic E-state index is 11.4. The number of hydrogen-bond acceptors (Lipinski definition) is 5.